The fraction of sp³-hybridized carbons (Fsp3) is 0.333. The van der Waals surface area contributed by atoms with Crippen LogP contribution in [0.4, 0.5) is 23.4 Å². The molecule has 0 saturated carbocycles. The van der Waals surface area contributed by atoms with Crippen molar-refractivity contribution < 1.29 is 17.6 Å². The van der Waals surface area contributed by atoms with E-state index in [1.54, 1.807) is 13.1 Å². The van der Waals surface area contributed by atoms with Crippen LogP contribution in [0.3, 0.4) is 0 Å². The molecule has 1 aromatic heterocycles. The van der Waals surface area contributed by atoms with E-state index < -0.39 is 11.7 Å². The first-order chi connectivity index (χ1) is 12.9. The van der Waals surface area contributed by atoms with Gasteiger partial charge in [-0.05, 0) is 36.2 Å². The smallest absolute Gasteiger partial charge is 0.368 e. The predicted molar refractivity (Wildman–Crippen MR) is 97.2 cm³/mol. The molecule has 0 saturated heterocycles. The van der Waals surface area contributed by atoms with Gasteiger partial charge in [0.05, 0.1) is 5.56 Å². The number of nitrogens with zero attached hydrogens (tertiary/aromatic N) is 2. The number of alkyl halides is 3. The topological polar surface area (TPSA) is 61.3 Å². The van der Waals surface area contributed by atoms with Crippen LogP contribution in [0.15, 0.2) is 47.6 Å². The van der Waals surface area contributed by atoms with Crippen LogP contribution < -0.4 is 16.0 Å². The molecule has 146 valence electrons. The fourth-order valence-corrected chi connectivity index (χ4v) is 2.38. The van der Waals surface area contributed by atoms with Crippen molar-refractivity contribution in [3.63, 3.8) is 0 Å². The Kier molecular flexibility index (Phi) is 7.39. The molecule has 2 aromatic rings. The normalized spacial score (nSPS) is 12.0. The van der Waals surface area contributed by atoms with Gasteiger partial charge in [0.25, 0.3) is 0 Å². The van der Waals surface area contributed by atoms with Crippen molar-refractivity contribution in [3.05, 3.63) is 59.5 Å². The molecule has 0 spiro atoms. The predicted octanol–water partition coefficient (Wildman–Crippen LogP) is 3.06. The number of rotatable bonds is 7. The molecule has 0 aliphatic carbocycles. The van der Waals surface area contributed by atoms with Crippen molar-refractivity contribution in [1.29, 1.82) is 0 Å². The number of anilines is 1. The third kappa shape index (κ3) is 6.76. The van der Waals surface area contributed by atoms with Gasteiger partial charge in [0.2, 0.25) is 0 Å². The van der Waals surface area contributed by atoms with Gasteiger partial charge in [0.1, 0.15) is 11.6 Å². The van der Waals surface area contributed by atoms with Crippen LogP contribution in [0, 0.1) is 5.82 Å². The zero-order valence-electron chi connectivity index (χ0n) is 14.8. The van der Waals surface area contributed by atoms with Crippen LogP contribution in [0.2, 0.25) is 0 Å². The third-order valence-corrected chi connectivity index (χ3v) is 3.64. The highest BCUT2D eigenvalue weighted by molar-refractivity contribution is 5.79. The molecule has 27 heavy (non-hydrogen) atoms. The minimum absolute atomic E-state index is 0.208. The highest BCUT2D eigenvalue weighted by Crippen LogP contribution is 2.33. The summed E-state index contributed by atoms with van der Waals surface area (Å²) in [5.74, 6) is 0.0138. The molecule has 0 unspecified atom stereocenters. The van der Waals surface area contributed by atoms with E-state index in [2.05, 4.69) is 25.9 Å². The van der Waals surface area contributed by atoms with Crippen molar-refractivity contribution >= 4 is 11.8 Å². The van der Waals surface area contributed by atoms with Crippen LogP contribution in [0.25, 0.3) is 0 Å². The van der Waals surface area contributed by atoms with Crippen LogP contribution in [-0.4, -0.2) is 37.6 Å². The Morgan fingerprint density at radius 3 is 2.56 bits per heavy atom. The van der Waals surface area contributed by atoms with Gasteiger partial charge in [-0.25, -0.2) is 9.37 Å². The van der Waals surface area contributed by atoms with Gasteiger partial charge in [0, 0.05) is 32.9 Å². The number of pyridine rings is 1. The Hall–Kier alpha value is -2.84. The fourth-order valence-electron chi connectivity index (χ4n) is 2.38. The lowest BCUT2D eigenvalue weighted by Crippen LogP contribution is -2.40. The summed E-state index contributed by atoms with van der Waals surface area (Å²) in [4.78, 5) is 7.77. The number of guanidine groups is 1. The van der Waals surface area contributed by atoms with Gasteiger partial charge >= 0.3 is 6.18 Å². The molecule has 0 fully saturated rings. The van der Waals surface area contributed by atoms with Crippen LogP contribution >= 0.6 is 0 Å². The molecule has 0 aliphatic heterocycles. The third-order valence-electron chi connectivity index (χ3n) is 3.64. The molecule has 2 rings (SSSR count). The summed E-state index contributed by atoms with van der Waals surface area (Å²) in [6.45, 7) is 1.10. The first-order valence-corrected chi connectivity index (χ1v) is 8.35. The van der Waals surface area contributed by atoms with Crippen molar-refractivity contribution in [2.45, 2.75) is 12.6 Å². The average Bonchev–Trinajstić information content (AvgIpc) is 2.63. The molecule has 0 aliphatic rings. The largest absolute Gasteiger partial charge is 0.419 e. The first-order valence-electron chi connectivity index (χ1n) is 8.35. The molecule has 0 radical (unpaired) electrons. The monoisotopic (exact) mass is 383 g/mol. The maximum Gasteiger partial charge on any atom is 0.419 e. The van der Waals surface area contributed by atoms with Crippen molar-refractivity contribution in [1.82, 2.24) is 15.6 Å². The lowest BCUT2D eigenvalue weighted by atomic mass is 10.1. The van der Waals surface area contributed by atoms with E-state index in [-0.39, 0.29) is 18.2 Å². The average molecular weight is 383 g/mol. The number of hydrogen-bond donors (Lipinski definition) is 3. The zero-order valence-corrected chi connectivity index (χ0v) is 14.8. The van der Waals surface area contributed by atoms with E-state index in [1.165, 1.54) is 24.4 Å². The maximum atomic E-state index is 13.1. The SMILES string of the molecule is CN=C(NCCNc1ncccc1C(F)(F)F)NCCc1cccc(F)c1. The van der Waals surface area contributed by atoms with Gasteiger partial charge in [0.15, 0.2) is 5.96 Å². The van der Waals surface area contributed by atoms with Gasteiger partial charge in [-0.2, -0.15) is 13.2 Å². The standard InChI is InChI=1S/C18H21F4N5/c1-23-17(26-9-7-13-4-2-5-14(19)12-13)27-11-10-25-16-15(18(20,21)22)6-3-8-24-16/h2-6,8,12H,7,9-11H2,1H3,(H,24,25)(H2,23,26,27). The van der Waals surface area contributed by atoms with Crippen LogP contribution in [0.1, 0.15) is 11.1 Å². The number of benzene rings is 1. The minimum Gasteiger partial charge on any atom is -0.368 e. The second-order valence-electron chi connectivity index (χ2n) is 5.63. The maximum absolute atomic E-state index is 13.1. The Morgan fingerprint density at radius 2 is 1.85 bits per heavy atom. The van der Waals surface area contributed by atoms with E-state index in [0.29, 0.717) is 25.5 Å². The summed E-state index contributed by atoms with van der Waals surface area (Å²) in [5.41, 5.74) is 0.0528. The van der Waals surface area contributed by atoms with Gasteiger partial charge in [-0.15, -0.1) is 0 Å². The van der Waals surface area contributed by atoms with Gasteiger partial charge < -0.3 is 16.0 Å². The molecule has 0 amide bonds. The molecule has 3 N–H and O–H groups in total. The highest BCUT2D eigenvalue weighted by Gasteiger charge is 2.33. The van der Waals surface area contributed by atoms with Crippen molar-refractivity contribution in [2.75, 3.05) is 32.0 Å². The second-order valence-corrected chi connectivity index (χ2v) is 5.63. The number of hydrogen-bond acceptors (Lipinski definition) is 3. The van der Waals surface area contributed by atoms with Crippen LogP contribution in [-0.2, 0) is 12.6 Å². The van der Waals surface area contributed by atoms with E-state index in [0.717, 1.165) is 11.6 Å². The molecule has 5 nitrogen and oxygen atoms in total. The molecule has 1 aromatic carbocycles. The highest BCUT2D eigenvalue weighted by atomic mass is 19.4. The van der Waals surface area contributed by atoms with Crippen molar-refractivity contribution in [3.8, 4) is 0 Å². The summed E-state index contributed by atoms with van der Waals surface area (Å²) in [6.07, 6.45) is -2.55. The molecule has 9 heteroatoms. The number of halogens is 4. The first kappa shape index (κ1) is 20.5. The van der Waals surface area contributed by atoms with E-state index in [9.17, 15) is 17.6 Å². The summed E-state index contributed by atoms with van der Waals surface area (Å²) in [6, 6.07) is 8.56. The van der Waals surface area contributed by atoms with Crippen molar-refractivity contribution in [2.24, 2.45) is 4.99 Å². The quantitative estimate of drug-likeness (QED) is 0.298. The summed E-state index contributed by atoms with van der Waals surface area (Å²) in [7, 11) is 1.59. The number of aromatic nitrogens is 1. The molecule has 1 heterocycles. The summed E-state index contributed by atoms with van der Waals surface area (Å²) >= 11 is 0. The van der Waals surface area contributed by atoms with E-state index in [4.69, 9.17) is 0 Å². The van der Waals surface area contributed by atoms with Gasteiger partial charge in [-0.1, -0.05) is 12.1 Å². The Labute approximate surface area is 154 Å². The molecule has 0 atom stereocenters. The van der Waals surface area contributed by atoms with Crippen LogP contribution in [0.5, 0.6) is 0 Å². The number of aliphatic imine (C=N–C) groups is 1. The lowest BCUT2D eigenvalue weighted by molar-refractivity contribution is -0.137. The van der Waals surface area contributed by atoms with Gasteiger partial charge in [-0.3, -0.25) is 4.99 Å². The number of nitrogens with one attached hydrogen (secondary N) is 3. The summed E-state index contributed by atoms with van der Waals surface area (Å²) < 4.78 is 51.8. The minimum atomic E-state index is -4.46. The zero-order chi connectivity index (χ0) is 19.7. The Morgan fingerprint density at radius 1 is 1.07 bits per heavy atom. The molecular weight excluding hydrogens is 362 g/mol. The van der Waals surface area contributed by atoms with E-state index in [1.807, 2.05) is 6.07 Å². The second kappa shape index (κ2) is 9.75. The Balaban J connectivity index is 1.74. The molecule has 0 bridgehead atoms. The molecular formula is C18H21F4N5. The lowest BCUT2D eigenvalue weighted by Gasteiger charge is -2.15. The Bertz CT molecular complexity index is 761. The summed E-state index contributed by atoms with van der Waals surface area (Å²) in [5, 5.41) is 8.72. The van der Waals surface area contributed by atoms with E-state index >= 15 is 0 Å².